The average Bonchev–Trinajstić information content (AvgIpc) is 3.01. The highest BCUT2D eigenvalue weighted by atomic mass is 16.4. The number of hydrogen-bond donors (Lipinski definition) is 2. The van der Waals surface area contributed by atoms with Crippen LogP contribution in [0.25, 0.3) is 0 Å². The van der Waals surface area contributed by atoms with E-state index in [1.165, 1.54) is 25.7 Å². The van der Waals surface area contributed by atoms with Gasteiger partial charge in [0.2, 0.25) is 0 Å². The molecule has 0 aliphatic heterocycles. The lowest BCUT2D eigenvalue weighted by Crippen LogP contribution is -2.45. The molecule has 16 heavy (non-hydrogen) atoms. The van der Waals surface area contributed by atoms with Gasteiger partial charge in [-0.25, -0.2) is 0 Å². The first-order valence-electron chi connectivity index (χ1n) is 6.63. The third kappa shape index (κ3) is 3.21. The first-order valence-corrected chi connectivity index (χ1v) is 6.63. The van der Waals surface area contributed by atoms with Gasteiger partial charge in [0.1, 0.15) is 6.04 Å². The molecule has 0 heterocycles. The van der Waals surface area contributed by atoms with Gasteiger partial charge in [-0.2, -0.15) is 0 Å². The predicted octanol–water partition coefficient (Wildman–Crippen LogP) is 2.27. The maximum atomic E-state index is 11.3. The minimum atomic E-state index is -0.653. The van der Waals surface area contributed by atoms with Gasteiger partial charge in [-0.1, -0.05) is 19.8 Å². The van der Waals surface area contributed by atoms with Gasteiger partial charge in [-0.05, 0) is 50.0 Å². The fourth-order valence-electron chi connectivity index (χ4n) is 2.85. The van der Waals surface area contributed by atoms with E-state index in [1.807, 2.05) is 0 Å². The number of nitrogens with one attached hydrogen (secondary N) is 1. The Morgan fingerprint density at radius 1 is 1.38 bits per heavy atom. The minimum absolute atomic E-state index is 0.302. The zero-order valence-corrected chi connectivity index (χ0v) is 10.1. The number of carbonyl (C=O) groups is 1. The summed E-state index contributed by atoms with van der Waals surface area (Å²) in [7, 11) is 0. The Hall–Kier alpha value is -0.570. The topological polar surface area (TPSA) is 49.3 Å². The van der Waals surface area contributed by atoms with Crippen molar-refractivity contribution in [2.75, 3.05) is 6.54 Å². The molecule has 0 bridgehead atoms. The van der Waals surface area contributed by atoms with Crippen LogP contribution in [0.5, 0.6) is 0 Å². The second-order valence-electron chi connectivity index (χ2n) is 5.70. The predicted molar refractivity (Wildman–Crippen MR) is 63.3 cm³/mol. The monoisotopic (exact) mass is 225 g/mol. The van der Waals surface area contributed by atoms with E-state index >= 15 is 0 Å². The van der Waals surface area contributed by atoms with Crippen LogP contribution in [0.3, 0.4) is 0 Å². The Bertz CT molecular complexity index is 250. The molecule has 2 aliphatic carbocycles. The SMILES string of the molecule is CC1CCCC(C(NCC2CC2)C(=O)O)C1. The molecule has 2 fully saturated rings. The van der Waals surface area contributed by atoms with E-state index in [-0.39, 0.29) is 6.04 Å². The Morgan fingerprint density at radius 3 is 2.69 bits per heavy atom. The van der Waals surface area contributed by atoms with E-state index in [4.69, 9.17) is 0 Å². The van der Waals surface area contributed by atoms with Crippen molar-refractivity contribution >= 4 is 5.97 Å². The highest BCUT2D eigenvalue weighted by Gasteiger charge is 2.32. The summed E-state index contributed by atoms with van der Waals surface area (Å²) < 4.78 is 0. The highest BCUT2D eigenvalue weighted by Crippen LogP contribution is 2.32. The van der Waals surface area contributed by atoms with Crippen molar-refractivity contribution in [1.29, 1.82) is 0 Å². The summed E-state index contributed by atoms with van der Waals surface area (Å²) in [6, 6.07) is -0.302. The van der Waals surface area contributed by atoms with Crippen molar-refractivity contribution in [2.45, 2.75) is 51.5 Å². The number of aliphatic carboxylic acids is 1. The van der Waals surface area contributed by atoms with Gasteiger partial charge in [-0.3, -0.25) is 4.79 Å². The maximum Gasteiger partial charge on any atom is 0.320 e. The molecule has 0 saturated heterocycles. The lowest BCUT2D eigenvalue weighted by atomic mass is 9.78. The summed E-state index contributed by atoms with van der Waals surface area (Å²) >= 11 is 0. The molecule has 0 spiro atoms. The first-order chi connectivity index (χ1) is 7.66. The van der Waals surface area contributed by atoms with E-state index in [0.29, 0.717) is 11.8 Å². The van der Waals surface area contributed by atoms with Crippen LogP contribution in [0.4, 0.5) is 0 Å². The molecule has 0 aromatic heterocycles. The molecule has 2 aliphatic rings. The van der Waals surface area contributed by atoms with E-state index in [1.54, 1.807) is 0 Å². The molecule has 3 nitrogen and oxygen atoms in total. The van der Waals surface area contributed by atoms with Gasteiger partial charge in [-0.15, -0.1) is 0 Å². The van der Waals surface area contributed by atoms with Gasteiger partial charge >= 0.3 is 5.97 Å². The number of hydrogen-bond acceptors (Lipinski definition) is 2. The normalized spacial score (nSPS) is 32.3. The minimum Gasteiger partial charge on any atom is -0.480 e. The molecule has 0 amide bonds. The second kappa shape index (κ2) is 5.17. The van der Waals surface area contributed by atoms with Crippen LogP contribution in [-0.4, -0.2) is 23.7 Å². The number of carboxylic acids is 1. The smallest absolute Gasteiger partial charge is 0.320 e. The largest absolute Gasteiger partial charge is 0.480 e. The van der Waals surface area contributed by atoms with Gasteiger partial charge in [0, 0.05) is 0 Å². The van der Waals surface area contributed by atoms with Crippen LogP contribution in [0.1, 0.15) is 45.4 Å². The molecule has 92 valence electrons. The zero-order chi connectivity index (χ0) is 11.5. The second-order valence-corrected chi connectivity index (χ2v) is 5.70. The standard InChI is InChI=1S/C13H23NO2/c1-9-3-2-4-11(7-9)12(13(15)16)14-8-10-5-6-10/h9-12,14H,2-8H2,1H3,(H,15,16). The van der Waals surface area contributed by atoms with Crippen molar-refractivity contribution in [3.8, 4) is 0 Å². The van der Waals surface area contributed by atoms with Crippen molar-refractivity contribution in [1.82, 2.24) is 5.32 Å². The van der Waals surface area contributed by atoms with Crippen LogP contribution in [0.15, 0.2) is 0 Å². The van der Waals surface area contributed by atoms with Crippen LogP contribution in [0, 0.1) is 17.8 Å². The third-order valence-corrected chi connectivity index (χ3v) is 4.04. The molecule has 0 aromatic rings. The Kier molecular flexibility index (Phi) is 3.85. The third-order valence-electron chi connectivity index (χ3n) is 4.04. The Morgan fingerprint density at radius 2 is 2.12 bits per heavy atom. The van der Waals surface area contributed by atoms with Crippen molar-refractivity contribution in [3.05, 3.63) is 0 Å². The number of carboxylic acid groups (broad SMARTS) is 1. The summed E-state index contributed by atoms with van der Waals surface area (Å²) in [6.07, 6.45) is 7.18. The summed E-state index contributed by atoms with van der Waals surface area (Å²) in [5.74, 6) is 1.14. The molecule has 3 heteroatoms. The summed E-state index contributed by atoms with van der Waals surface area (Å²) in [5.41, 5.74) is 0. The lowest BCUT2D eigenvalue weighted by molar-refractivity contribution is -0.141. The van der Waals surface area contributed by atoms with E-state index in [0.717, 1.165) is 25.3 Å². The maximum absolute atomic E-state index is 11.3. The zero-order valence-electron chi connectivity index (χ0n) is 10.1. The first kappa shape index (κ1) is 11.9. The Balaban J connectivity index is 1.86. The molecule has 3 unspecified atom stereocenters. The highest BCUT2D eigenvalue weighted by molar-refractivity contribution is 5.73. The summed E-state index contributed by atoms with van der Waals surface area (Å²) in [6.45, 7) is 3.15. The van der Waals surface area contributed by atoms with Crippen molar-refractivity contribution < 1.29 is 9.90 Å². The summed E-state index contributed by atoms with van der Waals surface area (Å²) in [4.78, 5) is 11.3. The molecule has 2 N–H and O–H groups in total. The molecule has 2 saturated carbocycles. The van der Waals surface area contributed by atoms with Gasteiger partial charge in [0.25, 0.3) is 0 Å². The van der Waals surface area contributed by atoms with Crippen LogP contribution >= 0.6 is 0 Å². The van der Waals surface area contributed by atoms with E-state index in [9.17, 15) is 9.90 Å². The molecular weight excluding hydrogens is 202 g/mol. The molecule has 2 rings (SSSR count). The van der Waals surface area contributed by atoms with Crippen LogP contribution in [0.2, 0.25) is 0 Å². The van der Waals surface area contributed by atoms with Crippen LogP contribution < -0.4 is 5.32 Å². The van der Waals surface area contributed by atoms with Crippen molar-refractivity contribution in [2.24, 2.45) is 17.8 Å². The van der Waals surface area contributed by atoms with Gasteiger partial charge in [0.15, 0.2) is 0 Å². The fourth-order valence-corrected chi connectivity index (χ4v) is 2.85. The molecule has 0 radical (unpaired) electrons. The fraction of sp³-hybridized carbons (Fsp3) is 0.923. The molecule has 3 atom stereocenters. The molecule has 0 aromatic carbocycles. The molecular formula is C13H23NO2. The van der Waals surface area contributed by atoms with Gasteiger partial charge < -0.3 is 10.4 Å². The number of rotatable bonds is 5. The average molecular weight is 225 g/mol. The van der Waals surface area contributed by atoms with E-state index in [2.05, 4.69) is 12.2 Å². The lowest BCUT2D eigenvalue weighted by Gasteiger charge is -2.31. The summed E-state index contributed by atoms with van der Waals surface area (Å²) in [5, 5.41) is 12.6. The van der Waals surface area contributed by atoms with Crippen LogP contribution in [-0.2, 0) is 4.79 Å². The quantitative estimate of drug-likeness (QED) is 0.754. The Labute approximate surface area is 97.6 Å². The van der Waals surface area contributed by atoms with Gasteiger partial charge in [0.05, 0.1) is 0 Å². The van der Waals surface area contributed by atoms with Crippen molar-refractivity contribution in [3.63, 3.8) is 0 Å². The van der Waals surface area contributed by atoms with E-state index < -0.39 is 5.97 Å².